The Kier molecular flexibility index (Phi) is 56.6. The van der Waals surface area contributed by atoms with Gasteiger partial charge < -0.3 is 20.1 Å². The van der Waals surface area contributed by atoms with E-state index in [0.717, 1.165) is 57.8 Å². The summed E-state index contributed by atoms with van der Waals surface area (Å²) in [5.74, 6) is -0.812. The number of rotatable bonds is 58. The van der Waals surface area contributed by atoms with Crippen molar-refractivity contribution in [3.63, 3.8) is 0 Å². The molecule has 72 heavy (non-hydrogen) atoms. The lowest BCUT2D eigenvalue weighted by molar-refractivity contribution is -0.161. The molecule has 0 aromatic heterocycles. The molecule has 0 aliphatic rings. The number of nitrogens with two attached hydrogens (primary N) is 1. The second-order valence-corrected chi connectivity index (χ2v) is 22.0. The quantitative estimate of drug-likeness (QED) is 0.0264. The summed E-state index contributed by atoms with van der Waals surface area (Å²) >= 11 is 0. The number of carbonyl (C=O) groups excluding carboxylic acids is 2. The minimum Gasteiger partial charge on any atom is -0.462 e. The van der Waals surface area contributed by atoms with Crippen LogP contribution in [0.4, 0.5) is 0 Å². The van der Waals surface area contributed by atoms with Crippen molar-refractivity contribution < 1.29 is 37.6 Å². The fourth-order valence-electron chi connectivity index (χ4n) is 8.98. The van der Waals surface area contributed by atoms with E-state index in [9.17, 15) is 19.0 Å². The van der Waals surface area contributed by atoms with Crippen LogP contribution in [0, 0.1) is 0 Å². The first-order valence-electron chi connectivity index (χ1n) is 30.6. The molecule has 0 radical (unpaired) electrons. The van der Waals surface area contributed by atoms with E-state index in [0.29, 0.717) is 6.42 Å². The zero-order valence-corrected chi connectivity index (χ0v) is 48.1. The van der Waals surface area contributed by atoms with Crippen LogP contribution in [0.15, 0.2) is 48.6 Å². The fraction of sp³-hybridized carbons (Fsp3) is 0.839. The van der Waals surface area contributed by atoms with Crippen molar-refractivity contribution >= 4 is 19.8 Å². The maximum atomic E-state index is 12.7. The molecular formula is C62H116NO8P. The Morgan fingerprint density at radius 3 is 1.14 bits per heavy atom. The minimum absolute atomic E-state index is 0.0562. The summed E-state index contributed by atoms with van der Waals surface area (Å²) in [5.41, 5.74) is 5.37. The Balaban J connectivity index is 3.72. The average Bonchev–Trinajstić information content (AvgIpc) is 3.37. The first-order chi connectivity index (χ1) is 35.3. The van der Waals surface area contributed by atoms with Gasteiger partial charge in [-0.15, -0.1) is 0 Å². The van der Waals surface area contributed by atoms with E-state index in [2.05, 4.69) is 62.5 Å². The van der Waals surface area contributed by atoms with Gasteiger partial charge in [-0.2, -0.15) is 0 Å². The Morgan fingerprint density at radius 2 is 0.764 bits per heavy atom. The predicted molar refractivity (Wildman–Crippen MR) is 307 cm³/mol. The molecule has 422 valence electrons. The molecule has 0 heterocycles. The van der Waals surface area contributed by atoms with Crippen LogP contribution in [0.2, 0.25) is 0 Å². The molecule has 0 aliphatic heterocycles. The maximum Gasteiger partial charge on any atom is 0.472 e. The molecule has 0 fully saturated rings. The van der Waals surface area contributed by atoms with Gasteiger partial charge in [0.2, 0.25) is 0 Å². The highest BCUT2D eigenvalue weighted by Gasteiger charge is 2.26. The van der Waals surface area contributed by atoms with E-state index in [4.69, 9.17) is 24.3 Å². The standard InChI is InChI=1S/C62H116NO8P/c1-3-5-7-9-11-13-15-17-18-19-20-21-22-23-24-25-26-27-28-29-30-31-32-33-34-35-36-37-38-39-40-41-42-43-45-47-49-51-53-55-62(65)71-60(59-70-72(66,67)69-57-56-63)58-68-61(64)54-52-50-48-46-44-16-14-12-10-8-6-4-2/h5,7,11,13,17-18,20-21,60H,3-4,6,8-10,12,14-16,19,22-59,63H2,1-2H3,(H,66,67)/b7-5-,13-11-,18-17-,21-20-. The number of phosphoric ester groups is 1. The van der Waals surface area contributed by atoms with E-state index in [1.807, 2.05) is 0 Å². The molecule has 0 aromatic carbocycles. The number of esters is 2. The molecular weight excluding hydrogens is 918 g/mol. The Morgan fingerprint density at radius 1 is 0.431 bits per heavy atom. The van der Waals surface area contributed by atoms with Crippen LogP contribution in [-0.4, -0.2) is 49.3 Å². The Hall–Kier alpha value is -2.03. The number of phosphoric acid groups is 1. The monoisotopic (exact) mass is 1030 g/mol. The number of hydrogen-bond acceptors (Lipinski definition) is 8. The molecule has 0 saturated heterocycles. The molecule has 0 amide bonds. The third-order valence-corrected chi connectivity index (χ3v) is 14.5. The number of carbonyl (C=O) groups is 2. The van der Waals surface area contributed by atoms with Gasteiger partial charge >= 0.3 is 19.8 Å². The Labute approximate surface area is 445 Å². The van der Waals surface area contributed by atoms with Gasteiger partial charge in [-0.25, -0.2) is 4.57 Å². The van der Waals surface area contributed by atoms with Crippen LogP contribution in [0.3, 0.4) is 0 Å². The van der Waals surface area contributed by atoms with Gasteiger partial charge in [0.1, 0.15) is 6.61 Å². The third-order valence-electron chi connectivity index (χ3n) is 13.5. The molecule has 0 saturated carbocycles. The summed E-state index contributed by atoms with van der Waals surface area (Å²) in [6.07, 6.45) is 72.1. The summed E-state index contributed by atoms with van der Waals surface area (Å²) in [6, 6.07) is 0. The fourth-order valence-corrected chi connectivity index (χ4v) is 9.75. The second kappa shape index (κ2) is 58.2. The predicted octanol–water partition coefficient (Wildman–Crippen LogP) is 19.4. The molecule has 0 aromatic rings. The van der Waals surface area contributed by atoms with E-state index in [-0.39, 0.29) is 38.6 Å². The molecule has 3 N–H and O–H groups in total. The molecule has 0 bridgehead atoms. The molecule has 2 atom stereocenters. The first-order valence-corrected chi connectivity index (χ1v) is 32.1. The van der Waals surface area contributed by atoms with E-state index >= 15 is 0 Å². The van der Waals surface area contributed by atoms with Crippen molar-refractivity contribution in [1.29, 1.82) is 0 Å². The first kappa shape index (κ1) is 70.0. The van der Waals surface area contributed by atoms with Gasteiger partial charge in [0.05, 0.1) is 13.2 Å². The summed E-state index contributed by atoms with van der Waals surface area (Å²) in [7, 11) is -4.38. The van der Waals surface area contributed by atoms with E-state index < -0.39 is 26.5 Å². The van der Waals surface area contributed by atoms with Gasteiger partial charge in [0.15, 0.2) is 6.10 Å². The van der Waals surface area contributed by atoms with Crippen LogP contribution in [0.5, 0.6) is 0 Å². The third kappa shape index (κ3) is 57.3. The van der Waals surface area contributed by atoms with Gasteiger partial charge in [0, 0.05) is 19.4 Å². The topological polar surface area (TPSA) is 134 Å². The van der Waals surface area contributed by atoms with E-state index in [1.54, 1.807) is 0 Å². The van der Waals surface area contributed by atoms with Crippen LogP contribution < -0.4 is 5.73 Å². The summed E-state index contributed by atoms with van der Waals surface area (Å²) in [5, 5.41) is 0. The number of allylic oxidation sites excluding steroid dienone is 8. The van der Waals surface area contributed by atoms with E-state index in [1.165, 1.54) is 212 Å². The molecule has 10 heteroatoms. The molecule has 0 rings (SSSR count). The van der Waals surface area contributed by atoms with Crippen LogP contribution in [0.25, 0.3) is 0 Å². The lowest BCUT2D eigenvalue weighted by atomic mass is 10.0. The summed E-state index contributed by atoms with van der Waals surface area (Å²) in [6.45, 7) is 3.66. The van der Waals surface area contributed by atoms with Gasteiger partial charge in [-0.1, -0.05) is 287 Å². The zero-order chi connectivity index (χ0) is 52.4. The highest BCUT2D eigenvalue weighted by atomic mass is 31.2. The van der Waals surface area contributed by atoms with Crippen LogP contribution in [-0.2, 0) is 32.7 Å². The lowest BCUT2D eigenvalue weighted by Gasteiger charge is -2.19. The van der Waals surface area contributed by atoms with Gasteiger partial charge in [-0.3, -0.25) is 18.6 Å². The summed E-state index contributed by atoms with van der Waals surface area (Å²) < 4.78 is 33.0. The summed E-state index contributed by atoms with van der Waals surface area (Å²) in [4.78, 5) is 35.1. The number of ether oxygens (including phenoxy) is 2. The largest absolute Gasteiger partial charge is 0.472 e. The van der Waals surface area contributed by atoms with Crippen LogP contribution >= 0.6 is 7.82 Å². The van der Waals surface area contributed by atoms with Crippen molar-refractivity contribution in [3.8, 4) is 0 Å². The van der Waals surface area contributed by atoms with Crippen molar-refractivity contribution in [2.75, 3.05) is 26.4 Å². The van der Waals surface area contributed by atoms with Crippen molar-refractivity contribution in [2.24, 2.45) is 5.73 Å². The highest BCUT2D eigenvalue weighted by Crippen LogP contribution is 2.43. The number of unbranched alkanes of at least 4 members (excludes halogenated alkanes) is 37. The zero-order valence-electron chi connectivity index (χ0n) is 47.2. The van der Waals surface area contributed by atoms with Gasteiger partial charge in [0.25, 0.3) is 0 Å². The van der Waals surface area contributed by atoms with Crippen LogP contribution in [0.1, 0.15) is 303 Å². The highest BCUT2D eigenvalue weighted by molar-refractivity contribution is 7.47. The van der Waals surface area contributed by atoms with Crippen molar-refractivity contribution in [3.05, 3.63) is 48.6 Å². The smallest absolute Gasteiger partial charge is 0.462 e. The SMILES string of the molecule is CC/C=C\C/C=C\C/C=C\C/C=C\CCCCCCCCCCCCCCCCCCCCCCCCCCCCC(=O)OC(COC(=O)CCCCCCCCCCCCCC)COP(=O)(O)OCCN. The average molecular weight is 1030 g/mol. The lowest BCUT2D eigenvalue weighted by Crippen LogP contribution is -2.29. The minimum atomic E-state index is -4.38. The number of hydrogen-bond donors (Lipinski definition) is 2. The maximum absolute atomic E-state index is 12.7. The Bertz CT molecular complexity index is 1320. The molecule has 0 aliphatic carbocycles. The molecule has 0 spiro atoms. The normalized spacial score (nSPS) is 13.3. The molecule has 9 nitrogen and oxygen atoms in total. The molecule has 2 unspecified atom stereocenters. The second-order valence-electron chi connectivity index (χ2n) is 20.6. The van der Waals surface area contributed by atoms with Gasteiger partial charge in [-0.05, 0) is 51.4 Å². The van der Waals surface area contributed by atoms with Crippen molar-refractivity contribution in [1.82, 2.24) is 0 Å². The van der Waals surface area contributed by atoms with Crippen molar-refractivity contribution in [2.45, 2.75) is 309 Å².